The number of para-hydroxylation sites is 1. The average molecular weight is 509 g/mol. The molecule has 194 valence electrons. The van der Waals surface area contributed by atoms with Gasteiger partial charge in [0.05, 0.1) is 23.7 Å². The number of amides is 1. The lowest BCUT2D eigenvalue weighted by Crippen LogP contribution is -2.38. The SMILES string of the molecule is CC(C)[C@@](C)(O)COc1cc(C(=O)N[C@H](CC(=O)O)Cc2ccc(C#N)cc2)nn1-c1ccccc1F. The van der Waals surface area contributed by atoms with Crippen LogP contribution in [-0.2, 0) is 11.2 Å². The molecular formula is C27H29FN4O5. The Morgan fingerprint density at radius 1 is 1.22 bits per heavy atom. The minimum absolute atomic E-state index is 0.0399. The van der Waals surface area contributed by atoms with Crippen LogP contribution in [0.1, 0.15) is 48.8 Å². The predicted molar refractivity (Wildman–Crippen MR) is 133 cm³/mol. The molecule has 2 aromatic carbocycles. The Kier molecular flexibility index (Phi) is 8.63. The van der Waals surface area contributed by atoms with Gasteiger partial charge in [0.25, 0.3) is 5.91 Å². The number of carbonyl (C=O) groups is 2. The zero-order chi connectivity index (χ0) is 27.2. The van der Waals surface area contributed by atoms with Crippen molar-refractivity contribution in [3.8, 4) is 17.6 Å². The molecule has 1 aromatic heterocycles. The number of halogens is 1. The highest BCUT2D eigenvalue weighted by atomic mass is 19.1. The van der Waals surface area contributed by atoms with E-state index in [1.165, 1.54) is 24.3 Å². The molecule has 3 aromatic rings. The van der Waals surface area contributed by atoms with Crippen molar-refractivity contribution in [2.45, 2.75) is 45.3 Å². The fourth-order valence-corrected chi connectivity index (χ4v) is 3.40. The molecule has 0 saturated carbocycles. The molecule has 9 nitrogen and oxygen atoms in total. The Bertz CT molecular complexity index is 1290. The quantitative estimate of drug-likeness (QED) is 0.361. The first-order valence-electron chi connectivity index (χ1n) is 11.7. The average Bonchev–Trinajstić information content (AvgIpc) is 3.27. The lowest BCUT2D eigenvalue weighted by Gasteiger charge is -2.27. The molecule has 0 unspecified atom stereocenters. The van der Waals surface area contributed by atoms with E-state index in [4.69, 9.17) is 10.00 Å². The van der Waals surface area contributed by atoms with E-state index in [0.717, 1.165) is 10.2 Å². The van der Waals surface area contributed by atoms with Crippen molar-refractivity contribution in [2.24, 2.45) is 5.92 Å². The Balaban J connectivity index is 1.88. The normalized spacial score (nSPS) is 13.4. The largest absolute Gasteiger partial charge is 0.481 e. The summed E-state index contributed by atoms with van der Waals surface area (Å²) in [4.78, 5) is 24.5. The molecular weight excluding hydrogens is 479 g/mol. The summed E-state index contributed by atoms with van der Waals surface area (Å²) in [5.74, 6) is -2.47. The molecule has 0 aliphatic rings. The van der Waals surface area contributed by atoms with Crippen LogP contribution in [-0.4, -0.2) is 50.1 Å². The number of hydrogen-bond donors (Lipinski definition) is 3. The number of aromatic nitrogens is 2. The number of carbonyl (C=O) groups excluding carboxylic acids is 1. The molecule has 3 rings (SSSR count). The topological polar surface area (TPSA) is 137 Å². The summed E-state index contributed by atoms with van der Waals surface area (Å²) < 4.78 is 21.5. The zero-order valence-corrected chi connectivity index (χ0v) is 20.8. The molecule has 37 heavy (non-hydrogen) atoms. The second kappa shape index (κ2) is 11.7. The molecule has 0 saturated heterocycles. The van der Waals surface area contributed by atoms with E-state index in [9.17, 15) is 24.2 Å². The van der Waals surface area contributed by atoms with E-state index >= 15 is 0 Å². The lowest BCUT2D eigenvalue weighted by atomic mass is 9.94. The Hall–Kier alpha value is -4.23. The Morgan fingerprint density at radius 3 is 2.49 bits per heavy atom. The highest BCUT2D eigenvalue weighted by Gasteiger charge is 2.28. The van der Waals surface area contributed by atoms with Gasteiger partial charge in [0.2, 0.25) is 5.88 Å². The van der Waals surface area contributed by atoms with Crippen LogP contribution in [0.3, 0.4) is 0 Å². The lowest BCUT2D eigenvalue weighted by molar-refractivity contribution is -0.137. The highest BCUT2D eigenvalue weighted by Crippen LogP contribution is 2.25. The molecule has 0 aliphatic heterocycles. The fraction of sp³-hybridized carbons (Fsp3) is 0.333. The van der Waals surface area contributed by atoms with Crippen molar-refractivity contribution in [1.29, 1.82) is 5.26 Å². The summed E-state index contributed by atoms with van der Waals surface area (Å²) in [5.41, 5.74) is -0.0638. The molecule has 0 bridgehead atoms. The third-order valence-electron chi connectivity index (χ3n) is 6.07. The summed E-state index contributed by atoms with van der Waals surface area (Å²) in [5, 5.41) is 35.8. The van der Waals surface area contributed by atoms with Crippen LogP contribution in [0.15, 0.2) is 54.6 Å². The molecule has 1 heterocycles. The van der Waals surface area contributed by atoms with Gasteiger partial charge in [-0.05, 0) is 49.1 Å². The van der Waals surface area contributed by atoms with E-state index < -0.39 is 29.3 Å². The number of hydrogen-bond acceptors (Lipinski definition) is 6. The first kappa shape index (κ1) is 27.4. The number of ether oxygens (including phenoxy) is 1. The summed E-state index contributed by atoms with van der Waals surface area (Å²) in [6.45, 7) is 5.13. The summed E-state index contributed by atoms with van der Waals surface area (Å²) in [6, 6.07) is 15.0. The predicted octanol–water partition coefficient (Wildman–Crippen LogP) is 3.48. The molecule has 0 spiro atoms. The van der Waals surface area contributed by atoms with Crippen LogP contribution in [0.25, 0.3) is 5.69 Å². The second-order valence-corrected chi connectivity index (χ2v) is 9.31. The van der Waals surface area contributed by atoms with E-state index in [2.05, 4.69) is 10.4 Å². The van der Waals surface area contributed by atoms with Crippen molar-refractivity contribution < 1.29 is 28.9 Å². The van der Waals surface area contributed by atoms with Gasteiger partial charge in [-0.2, -0.15) is 15.0 Å². The van der Waals surface area contributed by atoms with Gasteiger partial charge in [0.1, 0.15) is 18.1 Å². The van der Waals surface area contributed by atoms with Crippen molar-refractivity contribution in [2.75, 3.05) is 6.61 Å². The third-order valence-corrected chi connectivity index (χ3v) is 6.07. The maximum absolute atomic E-state index is 14.6. The summed E-state index contributed by atoms with van der Waals surface area (Å²) in [7, 11) is 0. The Labute approximate surface area is 214 Å². The zero-order valence-electron chi connectivity index (χ0n) is 20.8. The number of aliphatic hydroxyl groups is 1. The number of nitriles is 1. The van der Waals surface area contributed by atoms with Crippen molar-refractivity contribution in [1.82, 2.24) is 15.1 Å². The first-order valence-corrected chi connectivity index (χ1v) is 11.7. The number of nitrogens with one attached hydrogen (secondary N) is 1. The van der Waals surface area contributed by atoms with Crippen LogP contribution < -0.4 is 10.1 Å². The molecule has 1 amide bonds. The number of rotatable bonds is 11. The Morgan fingerprint density at radius 2 is 1.89 bits per heavy atom. The van der Waals surface area contributed by atoms with E-state index in [-0.39, 0.29) is 42.6 Å². The van der Waals surface area contributed by atoms with Crippen LogP contribution in [0.5, 0.6) is 5.88 Å². The van der Waals surface area contributed by atoms with Crippen molar-refractivity contribution >= 4 is 11.9 Å². The van der Waals surface area contributed by atoms with Gasteiger partial charge >= 0.3 is 5.97 Å². The van der Waals surface area contributed by atoms with Gasteiger partial charge in [0, 0.05) is 12.1 Å². The summed E-state index contributed by atoms with van der Waals surface area (Å²) in [6.07, 6.45) is -0.140. The summed E-state index contributed by atoms with van der Waals surface area (Å²) >= 11 is 0. The molecule has 3 N–H and O–H groups in total. The highest BCUT2D eigenvalue weighted by molar-refractivity contribution is 5.93. The van der Waals surface area contributed by atoms with Crippen LogP contribution in [0, 0.1) is 23.1 Å². The van der Waals surface area contributed by atoms with Gasteiger partial charge in [0.15, 0.2) is 5.69 Å². The minimum atomic E-state index is -1.19. The van der Waals surface area contributed by atoms with Crippen molar-refractivity contribution in [3.63, 3.8) is 0 Å². The van der Waals surface area contributed by atoms with E-state index in [0.29, 0.717) is 5.56 Å². The van der Waals surface area contributed by atoms with E-state index in [1.54, 1.807) is 37.3 Å². The molecule has 2 atom stereocenters. The van der Waals surface area contributed by atoms with Gasteiger partial charge < -0.3 is 20.3 Å². The fourth-order valence-electron chi connectivity index (χ4n) is 3.40. The number of benzene rings is 2. The van der Waals surface area contributed by atoms with E-state index in [1.807, 2.05) is 19.9 Å². The van der Waals surface area contributed by atoms with Gasteiger partial charge in [-0.15, -0.1) is 0 Å². The molecule has 10 heteroatoms. The first-order chi connectivity index (χ1) is 17.5. The smallest absolute Gasteiger partial charge is 0.305 e. The number of carboxylic acid groups (broad SMARTS) is 1. The van der Waals surface area contributed by atoms with Gasteiger partial charge in [-0.3, -0.25) is 9.59 Å². The monoisotopic (exact) mass is 508 g/mol. The third kappa shape index (κ3) is 7.15. The van der Waals surface area contributed by atoms with Crippen LogP contribution >= 0.6 is 0 Å². The van der Waals surface area contributed by atoms with Gasteiger partial charge in [-0.25, -0.2) is 4.39 Å². The van der Waals surface area contributed by atoms with Gasteiger partial charge in [-0.1, -0.05) is 38.1 Å². The molecule has 0 radical (unpaired) electrons. The molecule has 0 aliphatic carbocycles. The minimum Gasteiger partial charge on any atom is -0.481 e. The van der Waals surface area contributed by atoms with Crippen LogP contribution in [0.2, 0.25) is 0 Å². The number of nitrogens with zero attached hydrogens (tertiary/aromatic N) is 3. The molecule has 0 fully saturated rings. The maximum Gasteiger partial charge on any atom is 0.305 e. The van der Waals surface area contributed by atoms with Crippen molar-refractivity contribution in [3.05, 3.63) is 77.2 Å². The number of carboxylic acids is 1. The second-order valence-electron chi connectivity index (χ2n) is 9.31. The maximum atomic E-state index is 14.6. The number of aliphatic carboxylic acids is 1. The van der Waals surface area contributed by atoms with Crippen LogP contribution in [0.4, 0.5) is 4.39 Å². The standard InChI is InChI=1S/C27H29FN4O5/c1-17(2)27(3,36)16-37-24-14-22(31-32(24)23-7-5-4-6-21(23)28)26(35)30-20(13-25(33)34)12-18-8-10-19(15-29)11-9-18/h4-11,14,17,20,36H,12-13,16H2,1-3H3,(H,30,35)(H,33,34)/t20-,27-/m0/s1.